The van der Waals surface area contributed by atoms with Gasteiger partial charge in [-0.25, -0.2) is 0 Å². The van der Waals surface area contributed by atoms with E-state index in [4.69, 9.17) is 9.47 Å². The molecule has 5 atom stereocenters. The van der Waals surface area contributed by atoms with Gasteiger partial charge in [-0.05, 0) is 43.5 Å². The number of ether oxygens (including phenoxy) is 2. The van der Waals surface area contributed by atoms with E-state index < -0.39 is 17.4 Å². The molecule has 1 aromatic carbocycles. The third kappa shape index (κ3) is 3.62. The van der Waals surface area contributed by atoms with Crippen molar-refractivity contribution in [2.45, 2.75) is 57.8 Å². The lowest BCUT2D eigenvalue weighted by Crippen LogP contribution is -2.46. The van der Waals surface area contributed by atoms with E-state index in [9.17, 15) is 9.59 Å². The Balaban J connectivity index is 1.47. The van der Waals surface area contributed by atoms with Crippen LogP contribution in [0.15, 0.2) is 36.4 Å². The average molecular weight is 413 g/mol. The zero-order chi connectivity index (χ0) is 21.5. The monoisotopic (exact) mass is 412 g/mol. The molecule has 1 aromatic rings. The highest BCUT2D eigenvalue weighted by molar-refractivity contribution is 6.03. The van der Waals surface area contributed by atoms with Crippen LogP contribution in [0.3, 0.4) is 0 Å². The fourth-order valence-corrected chi connectivity index (χ4v) is 5.02. The Morgan fingerprint density at radius 2 is 2.00 bits per heavy atom. The van der Waals surface area contributed by atoms with Crippen molar-refractivity contribution in [3.63, 3.8) is 0 Å². The highest BCUT2D eigenvalue weighted by Crippen LogP contribution is 2.52. The van der Waals surface area contributed by atoms with Crippen LogP contribution in [0.2, 0.25) is 0 Å². The lowest BCUT2D eigenvalue weighted by Gasteiger charge is -2.25. The van der Waals surface area contributed by atoms with Gasteiger partial charge in [-0.2, -0.15) is 0 Å². The molecular weight excluding hydrogens is 380 g/mol. The molecule has 2 saturated heterocycles. The number of benzene rings is 1. The maximum atomic E-state index is 13.4. The van der Waals surface area contributed by atoms with Crippen molar-refractivity contribution in [3.05, 3.63) is 36.4 Å². The van der Waals surface area contributed by atoms with Crippen LogP contribution in [-0.2, 0) is 14.3 Å². The van der Waals surface area contributed by atoms with Gasteiger partial charge in [0.2, 0.25) is 11.8 Å². The summed E-state index contributed by atoms with van der Waals surface area (Å²) < 4.78 is 11.4. The molecule has 0 aliphatic carbocycles. The van der Waals surface area contributed by atoms with Gasteiger partial charge < -0.3 is 19.7 Å². The number of rotatable bonds is 8. The summed E-state index contributed by atoms with van der Waals surface area (Å²) in [6.07, 6.45) is 6.80. The minimum atomic E-state index is -0.704. The number of amides is 2. The Bertz CT molecular complexity index is 834. The molecule has 3 aliphatic heterocycles. The number of nitrogens with zero attached hydrogens (tertiary/aromatic N) is 1. The predicted molar refractivity (Wildman–Crippen MR) is 115 cm³/mol. The Morgan fingerprint density at radius 3 is 2.67 bits per heavy atom. The lowest BCUT2D eigenvalue weighted by atomic mass is 9.76. The summed E-state index contributed by atoms with van der Waals surface area (Å²) in [5.74, 6) is 0.343. The number of carbonyl (C=O) groups excluding carboxylic acids is 2. The zero-order valence-corrected chi connectivity index (χ0v) is 18.3. The molecule has 1 spiro atoms. The molecule has 4 rings (SSSR count). The van der Waals surface area contributed by atoms with Crippen LogP contribution in [-0.4, -0.2) is 43.2 Å². The number of fused-ring (bicyclic) bond motifs is 1. The molecule has 2 fully saturated rings. The number of carbonyl (C=O) groups is 2. The molecule has 0 aromatic heterocycles. The van der Waals surface area contributed by atoms with Gasteiger partial charge in [0.1, 0.15) is 11.4 Å². The van der Waals surface area contributed by atoms with Crippen molar-refractivity contribution in [3.8, 4) is 5.75 Å². The summed E-state index contributed by atoms with van der Waals surface area (Å²) in [7, 11) is 1.61. The van der Waals surface area contributed by atoms with E-state index in [-0.39, 0.29) is 24.0 Å². The second kappa shape index (κ2) is 8.06. The Labute approximate surface area is 178 Å². The molecule has 3 heterocycles. The van der Waals surface area contributed by atoms with E-state index in [1.54, 1.807) is 12.0 Å². The molecule has 2 bridgehead atoms. The Morgan fingerprint density at radius 1 is 1.27 bits per heavy atom. The van der Waals surface area contributed by atoms with E-state index in [1.165, 1.54) is 0 Å². The van der Waals surface area contributed by atoms with Crippen LogP contribution >= 0.6 is 0 Å². The van der Waals surface area contributed by atoms with Gasteiger partial charge >= 0.3 is 0 Å². The summed E-state index contributed by atoms with van der Waals surface area (Å²) in [5.41, 5.74) is 0.0936. The van der Waals surface area contributed by atoms with Gasteiger partial charge in [0.25, 0.3) is 0 Å². The number of nitrogens with one attached hydrogen (secondary N) is 1. The largest absolute Gasteiger partial charge is 0.497 e. The summed E-state index contributed by atoms with van der Waals surface area (Å²) in [6.45, 7) is 6.89. The van der Waals surface area contributed by atoms with E-state index in [1.807, 2.05) is 43.3 Å². The van der Waals surface area contributed by atoms with E-state index in [0.29, 0.717) is 12.5 Å². The molecule has 6 heteroatoms. The Hall–Kier alpha value is -2.34. The summed E-state index contributed by atoms with van der Waals surface area (Å²) in [4.78, 5) is 28.3. The minimum Gasteiger partial charge on any atom is -0.497 e. The molecule has 0 saturated carbocycles. The second-order valence-electron chi connectivity index (χ2n) is 9.26. The summed E-state index contributed by atoms with van der Waals surface area (Å²) in [6, 6.07) is 7.51. The van der Waals surface area contributed by atoms with Crippen molar-refractivity contribution < 1.29 is 19.1 Å². The molecular formula is C24H32N2O4. The standard InChI is InChI=1S/C24H32N2O4/c1-15(2)6-5-7-16(3)25-22(27)20-19-12-13-24(30-19)14-26(23(28)21(20)24)17-8-10-18(29-4)11-9-17/h8-13,15-16,19-21H,5-7,14H2,1-4H3,(H,25,27)/t16?,19-,20?,21?,24?/m0/s1. The van der Waals surface area contributed by atoms with Crippen LogP contribution < -0.4 is 15.0 Å². The molecule has 0 radical (unpaired) electrons. The molecule has 3 aliphatic rings. The zero-order valence-electron chi connectivity index (χ0n) is 18.3. The molecule has 6 nitrogen and oxygen atoms in total. The van der Waals surface area contributed by atoms with Gasteiger partial charge in [-0.1, -0.05) is 38.8 Å². The second-order valence-corrected chi connectivity index (χ2v) is 9.26. The van der Waals surface area contributed by atoms with Crippen molar-refractivity contribution in [2.24, 2.45) is 17.8 Å². The predicted octanol–water partition coefficient (Wildman–Crippen LogP) is 3.31. The van der Waals surface area contributed by atoms with Gasteiger partial charge in [0.15, 0.2) is 0 Å². The van der Waals surface area contributed by atoms with Crippen molar-refractivity contribution in [1.29, 1.82) is 0 Å². The molecule has 2 amide bonds. The highest BCUT2D eigenvalue weighted by atomic mass is 16.5. The quantitative estimate of drug-likeness (QED) is 0.665. The SMILES string of the molecule is COc1ccc(N2CC34C=C[C@H](O3)C(C(=O)NC(C)CCCC(C)C)C4C2=O)cc1. The smallest absolute Gasteiger partial charge is 0.234 e. The van der Waals surface area contributed by atoms with Gasteiger partial charge in [-0.15, -0.1) is 0 Å². The average Bonchev–Trinajstić information content (AvgIpc) is 3.36. The van der Waals surface area contributed by atoms with E-state index in [2.05, 4.69) is 19.2 Å². The van der Waals surface area contributed by atoms with Gasteiger partial charge in [-0.3, -0.25) is 9.59 Å². The third-order valence-electron chi connectivity index (χ3n) is 6.59. The fraction of sp³-hybridized carbons (Fsp3) is 0.583. The first-order chi connectivity index (χ1) is 14.3. The van der Waals surface area contributed by atoms with E-state index in [0.717, 1.165) is 30.7 Å². The van der Waals surface area contributed by atoms with Crippen molar-refractivity contribution >= 4 is 17.5 Å². The first kappa shape index (κ1) is 20.9. The van der Waals surface area contributed by atoms with Gasteiger partial charge in [0.05, 0.1) is 31.6 Å². The minimum absolute atomic E-state index is 0.0420. The maximum Gasteiger partial charge on any atom is 0.234 e. The molecule has 30 heavy (non-hydrogen) atoms. The highest BCUT2D eigenvalue weighted by Gasteiger charge is 2.67. The van der Waals surface area contributed by atoms with Gasteiger partial charge in [0, 0.05) is 11.7 Å². The third-order valence-corrected chi connectivity index (χ3v) is 6.59. The number of anilines is 1. The molecule has 162 valence electrons. The van der Waals surface area contributed by atoms with Crippen LogP contribution in [0.1, 0.15) is 40.0 Å². The lowest BCUT2D eigenvalue weighted by molar-refractivity contribution is -0.132. The first-order valence-electron chi connectivity index (χ1n) is 11.0. The number of methoxy groups -OCH3 is 1. The van der Waals surface area contributed by atoms with Crippen LogP contribution in [0.25, 0.3) is 0 Å². The molecule has 4 unspecified atom stereocenters. The molecule has 1 N–H and O–H groups in total. The maximum absolute atomic E-state index is 13.4. The number of hydrogen-bond donors (Lipinski definition) is 1. The van der Waals surface area contributed by atoms with E-state index >= 15 is 0 Å². The summed E-state index contributed by atoms with van der Waals surface area (Å²) >= 11 is 0. The van der Waals surface area contributed by atoms with Crippen molar-refractivity contribution in [1.82, 2.24) is 5.32 Å². The number of hydrogen-bond acceptors (Lipinski definition) is 4. The van der Waals surface area contributed by atoms with Crippen LogP contribution in [0, 0.1) is 17.8 Å². The Kier molecular flexibility index (Phi) is 5.62. The normalized spacial score (nSPS) is 30.1. The van der Waals surface area contributed by atoms with Crippen LogP contribution in [0.4, 0.5) is 5.69 Å². The van der Waals surface area contributed by atoms with Crippen LogP contribution in [0.5, 0.6) is 5.75 Å². The first-order valence-corrected chi connectivity index (χ1v) is 11.0. The van der Waals surface area contributed by atoms with Crippen molar-refractivity contribution in [2.75, 3.05) is 18.6 Å². The topological polar surface area (TPSA) is 67.9 Å². The summed E-state index contributed by atoms with van der Waals surface area (Å²) in [5, 5.41) is 3.14. The fourth-order valence-electron chi connectivity index (χ4n) is 5.02.